The number of pyridine rings is 1. The molecule has 2 unspecified atom stereocenters. The first-order valence-corrected chi connectivity index (χ1v) is 7.74. The van der Waals surface area contributed by atoms with Gasteiger partial charge in [0.05, 0.1) is 4.92 Å². The van der Waals surface area contributed by atoms with Gasteiger partial charge in [-0.3, -0.25) is 10.1 Å². The zero-order valence-corrected chi connectivity index (χ0v) is 12.4. The van der Waals surface area contributed by atoms with Crippen molar-refractivity contribution in [3.8, 4) is 0 Å². The van der Waals surface area contributed by atoms with Crippen molar-refractivity contribution < 1.29 is 4.92 Å². The van der Waals surface area contributed by atoms with Crippen molar-refractivity contribution >= 4 is 11.5 Å². The fraction of sp³-hybridized carbons (Fsp3) is 0.667. The summed E-state index contributed by atoms with van der Waals surface area (Å²) in [4.78, 5) is 17.1. The molecule has 0 saturated carbocycles. The number of piperidine rings is 1. The Kier molecular flexibility index (Phi) is 4.05. The molecule has 0 amide bonds. The van der Waals surface area contributed by atoms with Crippen LogP contribution in [0.2, 0.25) is 0 Å². The molecule has 0 aliphatic carbocycles. The molecule has 2 fully saturated rings. The summed E-state index contributed by atoms with van der Waals surface area (Å²) in [5, 5.41) is 14.5. The normalized spacial score (nSPS) is 26.0. The molecule has 6 heteroatoms. The first-order valence-electron chi connectivity index (χ1n) is 7.74. The number of anilines is 1. The van der Waals surface area contributed by atoms with E-state index in [-0.39, 0.29) is 10.6 Å². The molecule has 2 aliphatic rings. The molecule has 3 rings (SSSR count). The van der Waals surface area contributed by atoms with Crippen LogP contribution < -0.4 is 10.2 Å². The Morgan fingerprint density at radius 2 is 2.29 bits per heavy atom. The second-order valence-corrected chi connectivity index (χ2v) is 6.14. The van der Waals surface area contributed by atoms with Gasteiger partial charge in [-0.1, -0.05) is 0 Å². The lowest BCUT2D eigenvalue weighted by atomic mass is 9.90. The minimum Gasteiger partial charge on any atom is -0.356 e. The van der Waals surface area contributed by atoms with Crippen molar-refractivity contribution in [1.82, 2.24) is 10.3 Å². The van der Waals surface area contributed by atoms with E-state index in [4.69, 9.17) is 0 Å². The van der Waals surface area contributed by atoms with Crippen LogP contribution in [0.15, 0.2) is 12.3 Å². The number of nitro groups is 1. The van der Waals surface area contributed by atoms with Gasteiger partial charge in [-0.15, -0.1) is 0 Å². The summed E-state index contributed by atoms with van der Waals surface area (Å²) in [7, 11) is 0. The van der Waals surface area contributed by atoms with Gasteiger partial charge < -0.3 is 10.2 Å². The molecule has 1 aromatic heterocycles. The van der Waals surface area contributed by atoms with E-state index in [1.54, 1.807) is 6.92 Å². The first-order chi connectivity index (χ1) is 10.1. The van der Waals surface area contributed by atoms with Crippen molar-refractivity contribution in [2.75, 3.05) is 24.5 Å². The third-order valence-electron chi connectivity index (χ3n) is 4.71. The maximum absolute atomic E-state index is 10.9. The van der Waals surface area contributed by atoms with Gasteiger partial charge in [-0.2, -0.15) is 0 Å². The van der Waals surface area contributed by atoms with Crippen LogP contribution in [0, 0.1) is 23.0 Å². The summed E-state index contributed by atoms with van der Waals surface area (Å²) in [5.74, 6) is 1.54. The van der Waals surface area contributed by atoms with Crippen LogP contribution in [0.1, 0.15) is 31.2 Å². The smallest absolute Gasteiger partial charge is 0.290 e. The zero-order valence-electron chi connectivity index (χ0n) is 12.4. The monoisotopic (exact) mass is 290 g/mol. The average Bonchev–Trinajstić information content (AvgIpc) is 3.01. The van der Waals surface area contributed by atoms with E-state index in [1.807, 2.05) is 6.07 Å². The largest absolute Gasteiger partial charge is 0.356 e. The van der Waals surface area contributed by atoms with Gasteiger partial charge in [0.25, 0.3) is 5.69 Å². The minimum absolute atomic E-state index is 0.102. The molecule has 114 valence electrons. The Morgan fingerprint density at radius 1 is 1.43 bits per heavy atom. The molecule has 0 spiro atoms. The highest BCUT2D eigenvalue weighted by Crippen LogP contribution is 2.29. The quantitative estimate of drug-likeness (QED) is 0.683. The molecule has 2 atom stereocenters. The van der Waals surface area contributed by atoms with Crippen molar-refractivity contribution in [3.63, 3.8) is 0 Å². The molecule has 21 heavy (non-hydrogen) atoms. The molecule has 0 aromatic carbocycles. The number of nitrogens with one attached hydrogen (secondary N) is 1. The number of hydrogen-bond donors (Lipinski definition) is 1. The Bertz CT molecular complexity index is 528. The lowest BCUT2D eigenvalue weighted by Gasteiger charge is -2.36. The predicted molar refractivity (Wildman–Crippen MR) is 81.6 cm³/mol. The van der Waals surface area contributed by atoms with E-state index in [2.05, 4.69) is 15.2 Å². The van der Waals surface area contributed by atoms with Crippen LogP contribution in [0.5, 0.6) is 0 Å². The summed E-state index contributed by atoms with van der Waals surface area (Å²) < 4.78 is 0. The molecule has 0 bridgehead atoms. The van der Waals surface area contributed by atoms with Crippen molar-refractivity contribution in [2.45, 2.75) is 38.6 Å². The van der Waals surface area contributed by atoms with E-state index < -0.39 is 0 Å². The van der Waals surface area contributed by atoms with Gasteiger partial charge in [0.2, 0.25) is 0 Å². The van der Waals surface area contributed by atoms with E-state index >= 15 is 0 Å². The van der Waals surface area contributed by atoms with Crippen LogP contribution in [-0.4, -0.2) is 35.6 Å². The van der Waals surface area contributed by atoms with Gasteiger partial charge in [-0.05, 0) is 51.1 Å². The number of rotatable bonds is 3. The fourth-order valence-corrected chi connectivity index (χ4v) is 3.56. The van der Waals surface area contributed by atoms with E-state index in [9.17, 15) is 10.1 Å². The third kappa shape index (κ3) is 3.00. The van der Waals surface area contributed by atoms with Crippen LogP contribution in [0.3, 0.4) is 0 Å². The van der Waals surface area contributed by atoms with Crippen LogP contribution in [0.4, 0.5) is 11.5 Å². The first kappa shape index (κ1) is 14.3. The lowest BCUT2D eigenvalue weighted by molar-refractivity contribution is -0.385. The summed E-state index contributed by atoms with van der Waals surface area (Å²) >= 11 is 0. The minimum atomic E-state index is -0.367. The maximum atomic E-state index is 10.9. The Balaban J connectivity index is 1.73. The van der Waals surface area contributed by atoms with E-state index in [1.165, 1.54) is 31.9 Å². The molecule has 6 nitrogen and oxygen atoms in total. The third-order valence-corrected chi connectivity index (χ3v) is 4.71. The van der Waals surface area contributed by atoms with E-state index in [0.29, 0.717) is 17.5 Å². The van der Waals surface area contributed by atoms with Crippen molar-refractivity contribution in [3.05, 3.63) is 27.9 Å². The second kappa shape index (κ2) is 5.97. The highest BCUT2D eigenvalue weighted by atomic mass is 16.6. The molecular formula is C15H22N4O2. The van der Waals surface area contributed by atoms with Crippen molar-refractivity contribution in [2.24, 2.45) is 5.92 Å². The SMILES string of the molecule is Cc1cc(N2CCCC(C3CCCN3)C2)ncc1[N+](=O)[O-]. The van der Waals surface area contributed by atoms with Crippen LogP contribution in [0.25, 0.3) is 0 Å². The zero-order chi connectivity index (χ0) is 14.8. The van der Waals surface area contributed by atoms with Gasteiger partial charge in [-0.25, -0.2) is 4.98 Å². The highest BCUT2D eigenvalue weighted by molar-refractivity contribution is 5.48. The second-order valence-electron chi connectivity index (χ2n) is 6.14. The maximum Gasteiger partial charge on any atom is 0.290 e. The molecule has 0 radical (unpaired) electrons. The summed E-state index contributed by atoms with van der Waals surface area (Å²) in [6, 6.07) is 2.48. The Morgan fingerprint density at radius 3 is 2.95 bits per heavy atom. The molecule has 2 saturated heterocycles. The summed E-state index contributed by atoms with van der Waals surface area (Å²) in [6.07, 6.45) is 6.37. The fourth-order valence-electron chi connectivity index (χ4n) is 3.56. The average molecular weight is 290 g/mol. The van der Waals surface area contributed by atoms with Crippen LogP contribution >= 0.6 is 0 Å². The topological polar surface area (TPSA) is 71.3 Å². The standard InChI is InChI=1S/C15H22N4O2/c1-11-8-15(17-9-14(11)19(20)21)18-7-3-4-12(10-18)13-5-2-6-16-13/h8-9,12-13,16H,2-7,10H2,1H3. The molecule has 1 N–H and O–H groups in total. The molecule has 1 aromatic rings. The number of aromatic nitrogens is 1. The summed E-state index contributed by atoms with van der Waals surface area (Å²) in [6.45, 7) is 4.91. The van der Waals surface area contributed by atoms with Gasteiger partial charge in [0, 0.05) is 24.7 Å². The number of nitrogens with zero attached hydrogens (tertiary/aromatic N) is 3. The van der Waals surface area contributed by atoms with Gasteiger partial charge >= 0.3 is 0 Å². The van der Waals surface area contributed by atoms with Gasteiger partial charge in [0.1, 0.15) is 12.0 Å². The molecule has 2 aliphatic heterocycles. The predicted octanol–water partition coefficient (Wildman–Crippen LogP) is 2.27. The lowest BCUT2D eigenvalue weighted by Crippen LogP contribution is -2.43. The summed E-state index contributed by atoms with van der Waals surface area (Å²) in [5.41, 5.74) is 0.788. The van der Waals surface area contributed by atoms with E-state index in [0.717, 1.165) is 25.5 Å². The number of hydrogen-bond acceptors (Lipinski definition) is 5. The van der Waals surface area contributed by atoms with Gasteiger partial charge in [0.15, 0.2) is 0 Å². The molecule has 3 heterocycles. The van der Waals surface area contributed by atoms with Crippen LogP contribution in [-0.2, 0) is 0 Å². The Labute approximate surface area is 124 Å². The molecular weight excluding hydrogens is 268 g/mol. The highest BCUT2D eigenvalue weighted by Gasteiger charge is 2.29. The van der Waals surface area contributed by atoms with Crippen molar-refractivity contribution in [1.29, 1.82) is 0 Å². The number of aryl methyl sites for hydroxylation is 1. The Hall–Kier alpha value is -1.69.